The molecule has 1 heterocycles. The van der Waals surface area contributed by atoms with Gasteiger partial charge in [-0.05, 0) is 6.07 Å². The number of carbonyl (C=O) groups excluding carboxylic acids is 3. The van der Waals surface area contributed by atoms with Crippen LogP contribution in [-0.2, 0) is 20.9 Å². The molecule has 7 heteroatoms. The van der Waals surface area contributed by atoms with E-state index in [9.17, 15) is 19.2 Å². The average molecular weight is 336 g/mol. The zero-order valence-corrected chi connectivity index (χ0v) is 15.0. The third kappa shape index (κ3) is 5.40. The summed E-state index contributed by atoms with van der Waals surface area (Å²) in [4.78, 5) is 47.6. The van der Waals surface area contributed by atoms with Gasteiger partial charge in [0.05, 0.1) is 0 Å². The Labute approximate surface area is 141 Å². The van der Waals surface area contributed by atoms with Crippen molar-refractivity contribution in [2.75, 3.05) is 6.61 Å². The third-order valence-corrected chi connectivity index (χ3v) is 3.38. The molecule has 0 fully saturated rings. The van der Waals surface area contributed by atoms with Crippen LogP contribution in [0.25, 0.3) is 0 Å². The molecule has 1 rings (SSSR count). The largest absolute Gasteiger partial charge is 0.453 e. The van der Waals surface area contributed by atoms with Crippen molar-refractivity contribution in [1.82, 2.24) is 9.78 Å². The van der Waals surface area contributed by atoms with E-state index in [2.05, 4.69) is 5.10 Å². The summed E-state index contributed by atoms with van der Waals surface area (Å²) in [6, 6.07) is 2.36. The number of nitrogens with zero attached hydrogens (tertiary/aromatic N) is 2. The Bertz CT molecular complexity index is 705. The molecule has 0 saturated heterocycles. The first-order chi connectivity index (χ1) is 10.8. The molecule has 0 unspecified atom stereocenters. The van der Waals surface area contributed by atoms with E-state index >= 15 is 0 Å². The number of ether oxygens (including phenoxy) is 1. The van der Waals surface area contributed by atoms with Gasteiger partial charge in [0.15, 0.2) is 23.9 Å². The summed E-state index contributed by atoms with van der Waals surface area (Å²) in [5.74, 6) is -1.23. The quantitative estimate of drug-likeness (QED) is 0.758. The summed E-state index contributed by atoms with van der Waals surface area (Å²) in [5.41, 5.74) is -1.87. The Kier molecular flexibility index (Phi) is 5.81. The molecule has 7 nitrogen and oxygen atoms in total. The van der Waals surface area contributed by atoms with Gasteiger partial charge in [-0.25, -0.2) is 9.48 Å². The molecular formula is C17H24N2O5. The monoisotopic (exact) mass is 336 g/mol. The lowest BCUT2D eigenvalue weighted by Gasteiger charge is -2.17. The number of hydrogen-bond acceptors (Lipinski definition) is 6. The van der Waals surface area contributed by atoms with E-state index in [0.29, 0.717) is 0 Å². The number of hydrogen-bond donors (Lipinski definition) is 0. The highest BCUT2D eigenvalue weighted by Gasteiger charge is 2.24. The first-order valence-corrected chi connectivity index (χ1v) is 7.64. The normalized spacial score (nSPS) is 11.9. The van der Waals surface area contributed by atoms with E-state index < -0.39 is 22.4 Å². The molecule has 0 aliphatic carbocycles. The highest BCUT2D eigenvalue weighted by atomic mass is 16.5. The van der Waals surface area contributed by atoms with Gasteiger partial charge in [-0.2, -0.15) is 5.10 Å². The van der Waals surface area contributed by atoms with Crippen molar-refractivity contribution in [3.63, 3.8) is 0 Å². The van der Waals surface area contributed by atoms with Crippen molar-refractivity contribution >= 4 is 17.5 Å². The number of ketones is 2. The lowest BCUT2D eigenvalue weighted by Crippen LogP contribution is -2.33. The van der Waals surface area contributed by atoms with Crippen molar-refractivity contribution in [3.8, 4) is 0 Å². The highest BCUT2D eigenvalue weighted by molar-refractivity contribution is 5.91. The van der Waals surface area contributed by atoms with E-state index in [1.807, 2.05) is 0 Å². The maximum absolute atomic E-state index is 12.0. The Morgan fingerprint density at radius 2 is 1.54 bits per heavy atom. The Morgan fingerprint density at radius 1 is 1.00 bits per heavy atom. The van der Waals surface area contributed by atoms with Crippen molar-refractivity contribution in [2.24, 2.45) is 10.8 Å². The average Bonchev–Trinajstić information content (AvgIpc) is 2.44. The molecule has 0 aromatic carbocycles. The summed E-state index contributed by atoms with van der Waals surface area (Å²) < 4.78 is 5.86. The van der Waals surface area contributed by atoms with Gasteiger partial charge < -0.3 is 4.74 Å². The first kappa shape index (κ1) is 19.7. The van der Waals surface area contributed by atoms with Crippen LogP contribution >= 0.6 is 0 Å². The summed E-state index contributed by atoms with van der Waals surface area (Å²) in [7, 11) is 0. The van der Waals surface area contributed by atoms with Gasteiger partial charge in [0, 0.05) is 16.9 Å². The van der Waals surface area contributed by atoms with Crippen LogP contribution in [0.2, 0.25) is 0 Å². The van der Waals surface area contributed by atoms with Crippen LogP contribution in [0.4, 0.5) is 0 Å². The fourth-order valence-electron chi connectivity index (χ4n) is 1.47. The molecule has 1 aromatic rings. The molecular weight excluding hydrogens is 312 g/mol. The number of aromatic nitrogens is 2. The Hall–Kier alpha value is -2.31. The summed E-state index contributed by atoms with van der Waals surface area (Å²) in [5, 5.41) is 3.86. The lowest BCUT2D eigenvalue weighted by atomic mass is 9.91. The molecule has 0 aliphatic heterocycles. The molecule has 0 atom stereocenters. The van der Waals surface area contributed by atoms with Gasteiger partial charge >= 0.3 is 5.97 Å². The predicted octanol–water partition coefficient (Wildman–Crippen LogP) is 1.63. The minimum absolute atomic E-state index is 0.127. The van der Waals surface area contributed by atoms with Crippen molar-refractivity contribution in [1.29, 1.82) is 0 Å². The molecule has 0 N–H and O–H groups in total. The molecule has 0 aliphatic rings. The van der Waals surface area contributed by atoms with E-state index in [0.717, 1.165) is 10.7 Å². The van der Waals surface area contributed by atoms with Crippen LogP contribution in [-0.4, -0.2) is 33.9 Å². The number of rotatable bonds is 5. The van der Waals surface area contributed by atoms with Gasteiger partial charge in [-0.15, -0.1) is 0 Å². The number of esters is 1. The zero-order chi connectivity index (χ0) is 18.7. The second-order valence-corrected chi connectivity index (χ2v) is 7.64. The number of carbonyl (C=O) groups is 3. The third-order valence-electron chi connectivity index (χ3n) is 3.38. The van der Waals surface area contributed by atoms with Gasteiger partial charge in [-0.1, -0.05) is 41.5 Å². The molecule has 0 saturated carbocycles. The van der Waals surface area contributed by atoms with Crippen molar-refractivity contribution in [2.45, 2.75) is 48.1 Å². The second kappa shape index (κ2) is 7.07. The molecule has 1 aromatic heterocycles. The molecule has 24 heavy (non-hydrogen) atoms. The van der Waals surface area contributed by atoms with Crippen LogP contribution in [0.5, 0.6) is 0 Å². The fourth-order valence-corrected chi connectivity index (χ4v) is 1.47. The maximum Gasteiger partial charge on any atom is 0.359 e. The molecule has 0 amide bonds. The van der Waals surface area contributed by atoms with Crippen LogP contribution < -0.4 is 5.56 Å². The number of Topliss-reactive ketones (excluding diaryl/α,β-unsaturated/α-hetero) is 2. The summed E-state index contributed by atoms with van der Waals surface area (Å²) >= 11 is 0. The predicted molar refractivity (Wildman–Crippen MR) is 87.7 cm³/mol. The smallest absolute Gasteiger partial charge is 0.359 e. The highest BCUT2D eigenvalue weighted by Crippen LogP contribution is 2.15. The van der Waals surface area contributed by atoms with Gasteiger partial charge in [0.1, 0.15) is 6.54 Å². The SMILES string of the molecule is CC(C)(C)C(=O)COC(=O)c1ccc(=O)n(CC(=O)C(C)(C)C)n1. The van der Waals surface area contributed by atoms with Crippen molar-refractivity contribution in [3.05, 3.63) is 28.2 Å². The zero-order valence-electron chi connectivity index (χ0n) is 15.0. The molecule has 0 radical (unpaired) electrons. The van der Waals surface area contributed by atoms with E-state index in [-0.39, 0.29) is 30.4 Å². The van der Waals surface area contributed by atoms with Crippen LogP contribution in [0.15, 0.2) is 16.9 Å². The molecule has 132 valence electrons. The Morgan fingerprint density at radius 3 is 2.04 bits per heavy atom. The second-order valence-electron chi connectivity index (χ2n) is 7.64. The van der Waals surface area contributed by atoms with E-state index in [1.54, 1.807) is 41.5 Å². The first-order valence-electron chi connectivity index (χ1n) is 7.64. The minimum Gasteiger partial charge on any atom is -0.453 e. The Balaban J connectivity index is 2.89. The van der Waals surface area contributed by atoms with E-state index in [1.165, 1.54) is 6.07 Å². The van der Waals surface area contributed by atoms with Crippen LogP contribution in [0, 0.1) is 10.8 Å². The maximum atomic E-state index is 12.0. The topological polar surface area (TPSA) is 95.3 Å². The van der Waals surface area contributed by atoms with E-state index in [4.69, 9.17) is 4.74 Å². The van der Waals surface area contributed by atoms with Gasteiger partial charge in [0.2, 0.25) is 0 Å². The summed E-state index contributed by atoms with van der Waals surface area (Å²) in [6.45, 7) is 9.76. The standard InChI is InChI=1S/C17H24N2O5/c1-16(2,3)12(20)9-19-14(22)8-7-11(18-19)15(23)24-10-13(21)17(4,5)6/h7-8H,9-10H2,1-6H3. The fraction of sp³-hybridized carbons (Fsp3) is 0.588. The lowest BCUT2D eigenvalue weighted by molar-refractivity contribution is -0.129. The summed E-state index contributed by atoms with van der Waals surface area (Å²) in [6.07, 6.45) is 0. The van der Waals surface area contributed by atoms with Gasteiger partial charge in [-0.3, -0.25) is 14.4 Å². The minimum atomic E-state index is -0.815. The molecule has 0 bridgehead atoms. The van der Waals surface area contributed by atoms with Crippen molar-refractivity contribution < 1.29 is 19.1 Å². The van der Waals surface area contributed by atoms with Crippen LogP contribution in [0.3, 0.4) is 0 Å². The van der Waals surface area contributed by atoms with Gasteiger partial charge in [0.25, 0.3) is 5.56 Å². The van der Waals surface area contributed by atoms with Crippen LogP contribution in [0.1, 0.15) is 52.0 Å². The molecule has 0 spiro atoms.